The van der Waals surface area contributed by atoms with Gasteiger partial charge in [-0.2, -0.15) is 0 Å². The Balaban J connectivity index is 1.64. The number of nitrogens with zero attached hydrogens (tertiary/aromatic N) is 1. The highest BCUT2D eigenvalue weighted by atomic mass is 35.5. The van der Waals surface area contributed by atoms with E-state index in [0.717, 1.165) is 12.0 Å². The lowest BCUT2D eigenvalue weighted by Crippen LogP contribution is -2.19. The number of hydrogen-bond acceptors (Lipinski definition) is 3. The summed E-state index contributed by atoms with van der Waals surface area (Å²) in [4.78, 5) is 13.6. The minimum atomic E-state index is -0.129. The summed E-state index contributed by atoms with van der Waals surface area (Å²) in [5.74, 6) is 0.581. The van der Waals surface area contributed by atoms with Gasteiger partial charge in [-0.25, -0.2) is 0 Å². The zero-order chi connectivity index (χ0) is 17.8. The third kappa shape index (κ3) is 4.66. The molecule has 25 heavy (non-hydrogen) atoms. The number of ether oxygens (including phenoxy) is 1. The quantitative estimate of drug-likeness (QED) is 0.576. The summed E-state index contributed by atoms with van der Waals surface area (Å²) in [6, 6.07) is 10.7. The minimum absolute atomic E-state index is 0.129. The monoisotopic (exact) mass is 393 g/mol. The molecule has 2 heterocycles. The third-order valence-corrected chi connectivity index (χ3v) is 5.56. The van der Waals surface area contributed by atoms with E-state index in [9.17, 15) is 4.79 Å². The molecule has 0 unspecified atom stereocenters. The first-order chi connectivity index (χ1) is 12.0. The van der Waals surface area contributed by atoms with Gasteiger partial charge in [-0.3, -0.25) is 4.79 Å². The molecule has 130 valence electrons. The Morgan fingerprint density at radius 3 is 2.68 bits per heavy atom. The van der Waals surface area contributed by atoms with Crippen molar-refractivity contribution in [2.45, 2.75) is 19.9 Å². The van der Waals surface area contributed by atoms with Gasteiger partial charge in [0, 0.05) is 33.6 Å². The van der Waals surface area contributed by atoms with Gasteiger partial charge >= 0.3 is 0 Å². The molecule has 0 saturated carbocycles. The van der Waals surface area contributed by atoms with E-state index in [0.29, 0.717) is 28.9 Å². The van der Waals surface area contributed by atoms with Gasteiger partial charge in [0.25, 0.3) is 5.56 Å². The molecule has 3 rings (SSSR count). The number of halogens is 2. The number of hydrogen-bond donors (Lipinski definition) is 0. The number of benzene rings is 1. The van der Waals surface area contributed by atoms with E-state index in [-0.39, 0.29) is 5.56 Å². The smallest absolute Gasteiger partial charge is 0.254 e. The molecule has 2 aromatic heterocycles. The van der Waals surface area contributed by atoms with Crippen LogP contribution in [0.25, 0.3) is 0 Å². The van der Waals surface area contributed by atoms with Crippen LogP contribution in [0.2, 0.25) is 10.0 Å². The van der Waals surface area contributed by atoms with E-state index in [1.165, 1.54) is 16.5 Å². The van der Waals surface area contributed by atoms with E-state index >= 15 is 0 Å². The normalized spacial score (nSPS) is 10.8. The van der Waals surface area contributed by atoms with Gasteiger partial charge in [-0.1, -0.05) is 29.3 Å². The topological polar surface area (TPSA) is 31.2 Å². The number of aryl methyl sites for hydroxylation is 1. The summed E-state index contributed by atoms with van der Waals surface area (Å²) in [6.07, 6.45) is 2.56. The maximum atomic E-state index is 12.3. The van der Waals surface area contributed by atoms with Gasteiger partial charge in [-0.15, -0.1) is 11.3 Å². The fourth-order valence-corrected chi connectivity index (χ4v) is 3.83. The largest absolute Gasteiger partial charge is 0.493 e. The van der Waals surface area contributed by atoms with Crippen molar-refractivity contribution in [1.82, 2.24) is 4.57 Å². The van der Waals surface area contributed by atoms with E-state index in [1.54, 1.807) is 40.3 Å². The van der Waals surface area contributed by atoms with Gasteiger partial charge in [0.05, 0.1) is 13.2 Å². The van der Waals surface area contributed by atoms with E-state index < -0.39 is 0 Å². The number of rotatable bonds is 6. The molecule has 3 nitrogen and oxygen atoms in total. The fraction of sp³-hybridized carbons (Fsp3) is 0.211. The molecule has 0 spiro atoms. The Kier molecular flexibility index (Phi) is 5.84. The van der Waals surface area contributed by atoms with Crippen molar-refractivity contribution >= 4 is 34.5 Å². The highest BCUT2D eigenvalue weighted by Crippen LogP contribution is 2.21. The van der Waals surface area contributed by atoms with Gasteiger partial charge < -0.3 is 9.30 Å². The molecule has 0 bridgehead atoms. The molecular formula is C19H17Cl2NO2S. The highest BCUT2D eigenvalue weighted by molar-refractivity contribution is 7.10. The number of pyridine rings is 1. The Bertz CT molecular complexity index is 933. The van der Waals surface area contributed by atoms with Crippen molar-refractivity contribution in [3.8, 4) is 5.75 Å². The Hall–Kier alpha value is -1.75. The van der Waals surface area contributed by atoms with Crippen molar-refractivity contribution in [2.75, 3.05) is 6.61 Å². The molecule has 0 aliphatic rings. The summed E-state index contributed by atoms with van der Waals surface area (Å²) < 4.78 is 7.30. The lowest BCUT2D eigenvalue weighted by molar-refractivity contribution is 0.321. The van der Waals surface area contributed by atoms with Crippen LogP contribution < -0.4 is 10.3 Å². The fourth-order valence-electron chi connectivity index (χ4n) is 2.47. The highest BCUT2D eigenvalue weighted by Gasteiger charge is 2.06. The van der Waals surface area contributed by atoms with E-state index in [4.69, 9.17) is 27.9 Å². The van der Waals surface area contributed by atoms with Gasteiger partial charge in [0.15, 0.2) is 0 Å². The van der Waals surface area contributed by atoms with Crippen LogP contribution in [0, 0.1) is 6.92 Å². The van der Waals surface area contributed by atoms with Crippen LogP contribution in [0.5, 0.6) is 5.75 Å². The summed E-state index contributed by atoms with van der Waals surface area (Å²) >= 11 is 13.8. The van der Waals surface area contributed by atoms with Crippen molar-refractivity contribution < 1.29 is 4.74 Å². The Morgan fingerprint density at radius 2 is 2.00 bits per heavy atom. The molecule has 0 N–H and O–H groups in total. The van der Waals surface area contributed by atoms with Gasteiger partial charge in [0.2, 0.25) is 0 Å². The second-order valence-electron chi connectivity index (χ2n) is 5.69. The zero-order valence-electron chi connectivity index (χ0n) is 13.7. The zero-order valence-corrected chi connectivity index (χ0v) is 16.0. The molecule has 1 aromatic carbocycles. The first-order valence-corrected chi connectivity index (χ1v) is 9.46. The molecule has 3 aromatic rings. The third-order valence-electron chi connectivity index (χ3n) is 3.89. The van der Waals surface area contributed by atoms with Crippen LogP contribution >= 0.6 is 34.5 Å². The summed E-state index contributed by atoms with van der Waals surface area (Å²) in [5.41, 5.74) is 2.00. The number of thiophene rings is 1. The van der Waals surface area contributed by atoms with Crippen LogP contribution in [0.4, 0.5) is 0 Å². The maximum Gasteiger partial charge on any atom is 0.254 e. The Morgan fingerprint density at radius 1 is 1.16 bits per heavy atom. The SMILES string of the molecule is Cc1ccsc1CCOc1ccn(Cc2ccc(Cl)cc2Cl)c(=O)c1. The predicted octanol–water partition coefficient (Wildman–Crippen LogP) is 5.19. The summed E-state index contributed by atoms with van der Waals surface area (Å²) in [6.45, 7) is 3.03. The predicted molar refractivity (Wildman–Crippen MR) is 105 cm³/mol. The first-order valence-electron chi connectivity index (χ1n) is 7.83. The van der Waals surface area contributed by atoms with Crippen LogP contribution in [0.3, 0.4) is 0 Å². The average molecular weight is 394 g/mol. The first kappa shape index (κ1) is 18.1. The van der Waals surface area contributed by atoms with Crippen LogP contribution in [0.1, 0.15) is 16.0 Å². The molecule has 0 aliphatic carbocycles. The maximum absolute atomic E-state index is 12.3. The standard InChI is InChI=1S/C19H17Cl2NO2S/c1-13-6-9-25-18(13)5-8-24-16-4-7-22(19(23)11-16)12-14-2-3-15(20)10-17(14)21/h2-4,6-7,9-11H,5,8,12H2,1H3. The molecule has 6 heteroatoms. The van der Waals surface area contributed by atoms with E-state index in [1.807, 2.05) is 6.07 Å². The molecule has 0 amide bonds. The van der Waals surface area contributed by atoms with Crippen molar-refractivity contribution in [2.24, 2.45) is 0 Å². The molecule has 0 atom stereocenters. The summed E-state index contributed by atoms with van der Waals surface area (Å²) in [5, 5.41) is 3.20. The van der Waals surface area contributed by atoms with Crippen LogP contribution in [0.15, 0.2) is 52.8 Å². The number of aromatic nitrogens is 1. The molecular weight excluding hydrogens is 377 g/mol. The average Bonchev–Trinajstić information content (AvgIpc) is 2.97. The molecule has 0 aliphatic heterocycles. The van der Waals surface area contributed by atoms with Crippen LogP contribution in [-0.2, 0) is 13.0 Å². The lowest BCUT2D eigenvalue weighted by Gasteiger charge is -2.10. The van der Waals surface area contributed by atoms with Crippen LogP contribution in [-0.4, -0.2) is 11.2 Å². The Labute approximate surface area is 160 Å². The second kappa shape index (κ2) is 8.09. The van der Waals surface area contributed by atoms with Crippen molar-refractivity contribution in [1.29, 1.82) is 0 Å². The van der Waals surface area contributed by atoms with Crippen molar-refractivity contribution in [3.63, 3.8) is 0 Å². The second-order valence-corrected chi connectivity index (χ2v) is 7.53. The summed E-state index contributed by atoms with van der Waals surface area (Å²) in [7, 11) is 0. The molecule has 0 radical (unpaired) electrons. The van der Waals surface area contributed by atoms with Crippen molar-refractivity contribution in [3.05, 3.63) is 84.4 Å². The minimum Gasteiger partial charge on any atom is -0.493 e. The van der Waals surface area contributed by atoms with E-state index in [2.05, 4.69) is 18.4 Å². The van der Waals surface area contributed by atoms with Gasteiger partial charge in [-0.05, 0) is 47.7 Å². The molecule has 0 fully saturated rings. The molecule has 0 saturated heterocycles. The lowest BCUT2D eigenvalue weighted by atomic mass is 10.2. The van der Waals surface area contributed by atoms with Gasteiger partial charge in [0.1, 0.15) is 5.75 Å².